The van der Waals surface area contributed by atoms with E-state index in [1.165, 1.54) is 0 Å². The molecule has 1 aromatic heterocycles. The summed E-state index contributed by atoms with van der Waals surface area (Å²) in [4.78, 5) is 24.5. The molecule has 2 N–H and O–H groups in total. The number of anilines is 1. The number of hydrogen-bond acceptors (Lipinski definition) is 3. The first-order chi connectivity index (χ1) is 14.5. The highest BCUT2D eigenvalue weighted by atomic mass is 16.2. The molecule has 2 aromatic carbocycles. The van der Waals surface area contributed by atoms with Crippen LogP contribution in [0.2, 0.25) is 0 Å². The van der Waals surface area contributed by atoms with E-state index in [0.717, 1.165) is 28.9 Å². The molecule has 30 heavy (non-hydrogen) atoms. The number of aromatic nitrogens is 2. The molecule has 6 heteroatoms. The van der Waals surface area contributed by atoms with Crippen LogP contribution in [-0.4, -0.2) is 27.6 Å². The molecule has 0 radical (unpaired) electrons. The molecule has 2 amide bonds. The molecule has 0 saturated carbocycles. The van der Waals surface area contributed by atoms with E-state index >= 15 is 0 Å². The molecule has 0 aliphatic rings. The van der Waals surface area contributed by atoms with Gasteiger partial charge in [0.2, 0.25) is 11.8 Å². The van der Waals surface area contributed by atoms with E-state index < -0.39 is 0 Å². The zero-order valence-electron chi connectivity index (χ0n) is 17.7. The van der Waals surface area contributed by atoms with E-state index in [0.29, 0.717) is 5.82 Å². The van der Waals surface area contributed by atoms with Gasteiger partial charge in [-0.15, -0.1) is 0 Å². The van der Waals surface area contributed by atoms with Crippen LogP contribution in [0.1, 0.15) is 38.7 Å². The first-order valence-corrected chi connectivity index (χ1v) is 10.3. The molecule has 3 aromatic rings. The van der Waals surface area contributed by atoms with E-state index in [9.17, 15) is 9.59 Å². The Labute approximate surface area is 177 Å². The second-order valence-corrected chi connectivity index (χ2v) is 7.45. The molecule has 1 heterocycles. The van der Waals surface area contributed by atoms with Crippen LogP contribution in [0.3, 0.4) is 0 Å². The van der Waals surface area contributed by atoms with Crippen LogP contribution in [0.4, 0.5) is 5.82 Å². The number of hydrogen-bond donors (Lipinski definition) is 2. The molecule has 0 spiro atoms. The van der Waals surface area contributed by atoms with Crippen LogP contribution in [0.15, 0.2) is 60.7 Å². The summed E-state index contributed by atoms with van der Waals surface area (Å²) < 4.78 is 1.72. The Morgan fingerprint density at radius 1 is 1.00 bits per heavy atom. The van der Waals surface area contributed by atoms with Gasteiger partial charge in [0.25, 0.3) is 0 Å². The fraction of sp³-hybridized carbons (Fsp3) is 0.292. The van der Waals surface area contributed by atoms with Crippen LogP contribution in [0.25, 0.3) is 16.9 Å². The van der Waals surface area contributed by atoms with Crippen LogP contribution in [0, 0.1) is 6.92 Å². The van der Waals surface area contributed by atoms with Crippen molar-refractivity contribution in [1.29, 1.82) is 0 Å². The van der Waals surface area contributed by atoms with E-state index in [2.05, 4.69) is 10.6 Å². The highest BCUT2D eigenvalue weighted by molar-refractivity contribution is 5.93. The van der Waals surface area contributed by atoms with E-state index in [1.807, 2.05) is 81.4 Å². The van der Waals surface area contributed by atoms with Crippen molar-refractivity contribution in [2.75, 3.05) is 5.32 Å². The highest BCUT2D eigenvalue weighted by Gasteiger charge is 2.15. The molecular formula is C24H28N4O2. The second kappa shape index (κ2) is 9.87. The Balaban J connectivity index is 1.78. The summed E-state index contributed by atoms with van der Waals surface area (Å²) in [6, 6.07) is 19.7. The predicted molar refractivity (Wildman–Crippen MR) is 119 cm³/mol. The summed E-state index contributed by atoms with van der Waals surface area (Å²) in [5.41, 5.74) is 3.73. The van der Waals surface area contributed by atoms with Gasteiger partial charge < -0.3 is 10.6 Å². The fourth-order valence-electron chi connectivity index (χ4n) is 2.98. The van der Waals surface area contributed by atoms with E-state index in [4.69, 9.17) is 5.10 Å². The van der Waals surface area contributed by atoms with E-state index in [-0.39, 0.29) is 30.7 Å². The number of nitrogens with zero attached hydrogens (tertiary/aromatic N) is 2. The molecule has 6 nitrogen and oxygen atoms in total. The maximum absolute atomic E-state index is 12.5. The third-order valence-corrected chi connectivity index (χ3v) is 4.92. The number of aryl methyl sites for hydroxylation is 1. The SMILES string of the molecule is CC[C@@H](C)NC(=O)CCC(=O)Nc1cc(-c2ccccc2)nn1-c1ccc(C)cc1. The summed E-state index contributed by atoms with van der Waals surface area (Å²) in [5.74, 6) is 0.240. The van der Waals surface area contributed by atoms with Crippen molar-refractivity contribution in [3.63, 3.8) is 0 Å². The smallest absolute Gasteiger partial charge is 0.226 e. The van der Waals surface area contributed by atoms with Gasteiger partial charge in [-0.25, -0.2) is 4.68 Å². The van der Waals surface area contributed by atoms with Crippen LogP contribution >= 0.6 is 0 Å². The Morgan fingerprint density at radius 3 is 2.33 bits per heavy atom. The van der Waals surface area contributed by atoms with Crippen molar-refractivity contribution < 1.29 is 9.59 Å². The number of carbonyl (C=O) groups is 2. The van der Waals surface area contributed by atoms with Gasteiger partial charge in [0.15, 0.2) is 0 Å². The normalized spacial score (nSPS) is 11.7. The third kappa shape index (κ3) is 5.56. The molecule has 0 aliphatic heterocycles. The van der Waals surface area contributed by atoms with Gasteiger partial charge in [0.1, 0.15) is 5.82 Å². The molecule has 0 saturated heterocycles. The first kappa shape index (κ1) is 21.3. The Hall–Kier alpha value is -3.41. The average Bonchev–Trinajstić information content (AvgIpc) is 3.17. The zero-order valence-corrected chi connectivity index (χ0v) is 17.7. The van der Waals surface area contributed by atoms with Gasteiger partial charge in [-0.3, -0.25) is 9.59 Å². The largest absolute Gasteiger partial charge is 0.354 e. The highest BCUT2D eigenvalue weighted by Crippen LogP contribution is 2.25. The zero-order chi connectivity index (χ0) is 21.5. The van der Waals surface area contributed by atoms with Crippen molar-refractivity contribution in [2.45, 2.75) is 46.1 Å². The molecule has 0 bridgehead atoms. The average molecular weight is 405 g/mol. The molecule has 1 atom stereocenters. The van der Waals surface area contributed by atoms with Gasteiger partial charge >= 0.3 is 0 Å². The Bertz CT molecular complexity index is 994. The molecule has 0 fully saturated rings. The number of carbonyl (C=O) groups excluding carboxylic acids is 2. The number of benzene rings is 2. The lowest BCUT2D eigenvalue weighted by atomic mass is 10.1. The summed E-state index contributed by atoms with van der Waals surface area (Å²) in [6.07, 6.45) is 1.12. The van der Waals surface area contributed by atoms with Crippen molar-refractivity contribution in [2.24, 2.45) is 0 Å². The minimum atomic E-state index is -0.220. The van der Waals surface area contributed by atoms with Crippen molar-refractivity contribution in [3.8, 4) is 16.9 Å². The van der Waals surface area contributed by atoms with Crippen LogP contribution in [0.5, 0.6) is 0 Å². The topological polar surface area (TPSA) is 76.0 Å². The lowest BCUT2D eigenvalue weighted by molar-refractivity contribution is -0.124. The van der Waals surface area contributed by atoms with Crippen molar-refractivity contribution in [3.05, 3.63) is 66.2 Å². The lowest BCUT2D eigenvalue weighted by Gasteiger charge is -2.11. The first-order valence-electron chi connectivity index (χ1n) is 10.3. The number of nitrogens with one attached hydrogen (secondary N) is 2. The third-order valence-electron chi connectivity index (χ3n) is 4.92. The lowest BCUT2D eigenvalue weighted by Crippen LogP contribution is -2.32. The molecular weight excluding hydrogens is 376 g/mol. The van der Waals surface area contributed by atoms with Crippen LogP contribution < -0.4 is 10.6 Å². The summed E-state index contributed by atoms with van der Waals surface area (Å²) in [5, 5.41) is 10.5. The van der Waals surface area contributed by atoms with E-state index in [1.54, 1.807) is 4.68 Å². The van der Waals surface area contributed by atoms with Gasteiger partial charge in [-0.05, 0) is 32.4 Å². The molecule has 156 valence electrons. The van der Waals surface area contributed by atoms with Crippen LogP contribution in [-0.2, 0) is 9.59 Å². The van der Waals surface area contributed by atoms with Gasteiger partial charge in [0, 0.05) is 30.5 Å². The Kier molecular flexibility index (Phi) is 7.01. The quantitative estimate of drug-likeness (QED) is 0.581. The maximum atomic E-state index is 12.5. The fourth-order valence-corrected chi connectivity index (χ4v) is 2.98. The minimum absolute atomic E-state index is 0.108. The Morgan fingerprint density at radius 2 is 1.67 bits per heavy atom. The van der Waals surface area contributed by atoms with Gasteiger partial charge in [0.05, 0.1) is 11.4 Å². The molecule has 0 aliphatic carbocycles. The summed E-state index contributed by atoms with van der Waals surface area (Å²) in [7, 11) is 0. The molecule has 3 rings (SSSR count). The van der Waals surface area contributed by atoms with Crippen molar-refractivity contribution in [1.82, 2.24) is 15.1 Å². The second-order valence-electron chi connectivity index (χ2n) is 7.45. The summed E-state index contributed by atoms with van der Waals surface area (Å²) >= 11 is 0. The van der Waals surface area contributed by atoms with Crippen molar-refractivity contribution >= 4 is 17.6 Å². The number of rotatable bonds is 8. The van der Waals surface area contributed by atoms with Gasteiger partial charge in [-0.1, -0.05) is 55.0 Å². The minimum Gasteiger partial charge on any atom is -0.354 e. The summed E-state index contributed by atoms with van der Waals surface area (Å²) in [6.45, 7) is 5.98. The standard InChI is InChI=1S/C24H28N4O2/c1-4-18(3)25-23(29)14-15-24(30)26-22-16-21(19-8-6-5-7-9-19)27-28(22)20-12-10-17(2)11-13-20/h5-13,16,18H,4,14-15H2,1-3H3,(H,25,29)(H,26,30)/t18-/m1/s1. The maximum Gasteiger partial charge on any atom is 0.226 e. The van der Waals surface area contributed by atoms with Gasteiger partial charge in [-0.2, -0.15) is 5.10 Å². The number of amides is 2. The molecule has 0 unspecified atom stereocenters. The predicted octanol–water partition coefficient (Wildman–Crippen LogP) is 4.48. The monoisotopic (exact) mass is 404 g/mol.